The Kier molecular flexibility index (Phi) is 8.82. The summed E-state index contributed by atoms with van der Waals surface area (Å²) >= 11 is 0. The minimum atomic E-state index is -0.116. The van der Waals surface area contributed by atoms with E-state index in [1.807, 2.05) is 36.2 Å². The van der Waals surface area contributed by atoms with Crippen LogP contribution in [0, 0.1) is 6.92 Å². The number of amides is 2. The number of anilines is 1. The summed E-state index contributed by atoms with van der Waals surface area (Å²) in [6.45, 7) is 7.69. The molecule has 1 aliphatic heterocycles. The lowest BCUT2D eigenvalue weighted by Crippen LogP contribution is -2.48. The smallest absolute Gasteiger partial charge is 0.256 e. The quantitative estimate of drug-likeness (QED) is 0.406. The summed E-state index contributed by atoms with van der Waals surface area (Å²) in [5.41, 5.74) is 4.70. The van der Waals surface area contributed by atoms with E-state index in [0.29, 0.717) is 25.2 Å². The molecule has 2 amide bonds. The van der Waals surface area contributed by atoms with Crippen molar-refractivity contribution in [1.29, 1.82) is 0 Å². The second-order valence-electron chi connectivity index (χ2n) is 8.98. The number of ketones is 1. The first kappa shape index (κ1) is 25.4. The number of carbonyl (C=O) groups is 3. The number of hydrogen-bond acceptors (Lipinski definition) is 5. The zero-order valence-corrected chi connectivity index (χ0v) is 20.8. The molecule has 0 saturated heterocycles. The van der Waals surface area contributed by atoms with Crippen molar-refractivity contribution in [2.24, 2.45) is 0 Å². The first-order chi connectivity index (χ1) is 16.3. The van der Waals surface area contributed by atoms with Crippen molar-refractivity contribution in [2.75, 3.05) is 31.6 Å². The molecular weight excluding hydrogens is 428 g/mol. The average molecular weight is 465 g/mol. The minimum absolute atomic E-state index is 0.0146. The maximum absolute atomic E-state index is 13.3. The van der Waals surface area contributed by atoms with Crippen LogP contribution in [0.1, 0.15) is 60.2 Å². The van der Waals surface area contributed by atoms with Crippen molar-refractivity contribution in [3.63, 3.8) is 0 Å². The first-order valence-electron chi connectivity index (χ1n) is 12.0. The Morgan fingerprint density at radius 2 is 1.68 bits per heavy atom. The molecule has 7 nitrogen and oxygen atoms in total. The zero-order valence-electron chi connectivity index (χ0n) is 20.8. The molecule has 1 heterocycles. The summed E-state index contributed by atoms with van der Waals surface area (Å²) in [4.78, 5) is 39.6. The van der Waals surface area contributed by atoms with Gasteiger partial charge in [0, 0.05) is 37.9 Å². The normalized spacial score (nSPS) is 12.8. The summed E-state index contributed by atoms with van der Waals surface area (Å²) in [7, 11) is 1.78. The van der Waals surface area contributed by atoms with Crippen LogP contribution in [0.2, 0.25) is 0 Å². The van der Waals surface area contributed by atoms with E-state index in [0.717, 1.165) is 30.5 Å². The number of Topliss-reactive ketones (excluding diaryl/α,β-unsaturated/α-hetero) is 1. The van der Waals surface area contributed by atoms with Crippen LogP contribution in [0.3, 0.4) is 0 Å². The largest absolute Gasteiger partial charge is 0.355 e. The summed E-state index contributed by atoms with van der Waals surface area (Å²) in [5, 5.41) is 6.64. The van der Waals surface area contributed by atoms with Crippen LogP contribution in [-0.2, 0) is 22.7 Å². The Hall–Kier alpha value is -3.19. The molecule has 182 valence electrons. The number of likely N-dealkylation sites (N-methyl/N-ethyl adjacent to an activating group) is 1. The number of benzene rings is 2. The Labute approximate surface area is 202 Å². The van der Waals surface area contributed by atoms with Gasteiger partial charge >= 0.3 is 0 Å². The lowest BCUT2D eigenvalue weighted by Gasteiger charge is -2.32. The van der Waals surface area contributed by atoms with Crippen molar-refractivity contribution in [1.82, 2.24) is 15.3 Å². The fraction of sp³-hybridized carbons (Fsp3) is 0.444. The number of nitrogens with one attached hydrogen (secondary N) is 1. The fourth-order valence-corrected chi connectivity index (χ4v) is 4.24. The van der Waals surface area contributed by atoms with Crippen LogP contribution >= 0.6 is 0 Å². The molecule has 0 unspecified atom stereocenters. The molecule has 0 saturated carbocycles. The van der Waals surface area contributed by atoms with Gasteiger partial charge in [0.15, 0.2) is 5.78 Å². The zero-order chi connectivity index (χ0) is 24.7. The van der Waals surface area contributed by atoms with Gasteiger partial charge in [-0.1, -0.05) is 44.0 Å². The van der Waals surface area contributed by atoms with Crippen LogP contribution < -0.4 is 10.2 Å². The lowest BCUT2D eigenvalue weighted by molar-refractivity contribution is -0.145. The number of carbonyl (C=O) groups excluding carboxylic acids is 3. The molecule has 3 rings (SSSR count). The highest BCUT2D eigenvalue weighted by atomic mass is 16.2. The molecule has 0 fully saturated rings. The number of hydrogen-bond donors (Lipinski definition) is 1. The Balaban J connectivity index is 1.73. The maximum Gasteiger partial charge on any atom is 0.256 e. The first-order valence-corrected chi connectivity index (χ1v) is 12.0. The van der Waals surface area contributed by atoms with E-state index in [1.54, 1.807) is 23.0 Å². The molecule has 2 aromatic rings. The van der Waals surface area contributed by atoms with E-state index in [-0.39, 0.29) is 30.7 Å². The average Bonchev–Trinajstić information content (AvgIpc) is 3.25. The van der Waals surface area contributed by atoms with Gasteiger partial charge in [0.25, 0.3) is 5.91 Å². The second-order valence-corrected chi connectivity index (χ2v) is 8.98. The highest BCUT2D eigenvalue weighted by Crippen LogP contribution is 2.25. The van der Waals surface area contributed by atoms with Crippen molar-refractivity contribution < 1.29 is 14.4 Å². The molecule has 34 heavy (non-hydrogen) atoms. The summed E-state index contributed by atoms with van der Waals surface area (Å²) in [6, 6.07) is 13.6. The number of hydrazine groups is 1. The van der Waals surface area contributed by atoms with Crippen LogP contribution in [0.15, 0.2) is 42.5 Å². The van der Waals surface area contributed by atoms with E-state index in [1.165, 1.54) is 18.1 Å². The third kappa shape index (κ3) is 6.44. The highest BCUT2D eigenvalue weighted by Gasteiger charge is 2.27. The fourth-order valence-electron chi connectivity index (χ4n) is 4.24. The topological polar surface area (TPSA) is 73.0 Å². The van der Waals surface area contributed by atoms with Crippen molar-refractivity contribution in [3.8, 4) is 0 Å². The van der Waals surface area contributed by atoms with Crippen LogP contribution in [-0.4, -0.2) is 54.3 Å². The standard InChI is InChI=1S/C27H36N4O3/c1-5-6-9-14-28-26(33)18-30(25-13-12-22(21(3)32)15-20(25)2)19-27(34)29(4)31-16-23-10-7-8-11-24(23)17-31/h7-8,10-13,15H,5-6,9,14,16-19H2,1-4H3,(H,28,33). The van der Waals surface area contributed by atoms with Gasteiger partial charge in [-0.2, -0.15) is 0 Å². The molecule has 2 aromatic carbocycles. The summed E-state index contributed by atoms with van der Waals surface area (Å²) < 4.78 is 0. The molecule has 1 N–H and O–H groups in total. The third-order valence-electron chi connectivity index (χ3n) is 6.32. The third-order valence-corrected chi connectivity index (χ3v) is 6.32. The molecule has 0 aliphatic carbocycles. The second kappa shape index (κ2) is 11.8. The van der Waals surface area contributed by atoms with E-state index in [2.05, 4.69) is 24.4 Å². The Bertz CT molecular complexity index is 1010. The highest BCUT2D eigenvalue weighted by molar-refractivity contribution is 5.95. The van der Waals surface area contributed by atoms with Gasteiger partial charge in [0.1, 0.15) is 0 Å². The molecule has 1 aliphatic rings. The van der Waals surface area contributed by atoms with Gasteiger partial charge in [-0.05, 0) is 55.2 Å². The summed E-state index contributed by atoms with van der Waals surface area (Å²) in [5.74, 6) is -0.226. The Morgan fingerprint density at radius 1 is 1.00 bits per heavy atom. The molecule has 0 bridgehead atoms. The Morgan fingerprint density at radius 3 is 2.26 bits per heavy atom. The maximum atomic E-state index is 13.3. The number of unbranched alkanes of at least 4 members (excludes halogenated alkanes) is 2. The monoisotopic (exact) mass is 464 g/mol. The van der Waals surface area contributed by atoms with Crippen molar-refractivity contribution >= 4 is 23.3 Å². The van der Waals surface area contributed by atoms with E-state index in [9.17, 15) is 14.4 Å². The van der Waals surface area contributed by atoms with Crippen LogP contribution in [0.25, 0.3) is 0 Å². The molecule has 0 radical (unpaired) electrons. The van der Waals surface area contributed by atoms with Gasteiger partial charge in [-0.3, -0.25) is 19.4 Å². The van der Waals surface area contributed by atoms with Gasteiger partial charge < -0.3 is 10.2 Å². The van der Waals surface area contributed by atoms with Gasteiger partial charge in [-0.15, -0.1) is 0 Å². The van der Waals surface area contributed by atoms with E-state index in [4.69, 9.17) is 0 Å². The lowest BCUT2D eigenvalue weighted by atomic mass is 10.1. The van der Waals surface area contributed by atoms with Gasteiger partial charge in [-0.25, -0.2) is 5.01 Å². The van der Waals surface area contributed by atoms with Crippen LogP contribution in [0.4, 0.5) is 5.69 Å². The van der Waals surface area contributed by atoms with Crippen molar-refractivity contribution in [2.45, 2.75) is 53.1 Å². The van der Waals surface area contributed by atoms with Gasteiger partial charge in [0.2, 0.25) is 5.91 Å². The molecule has 0 atom stereocenters. The number of nitrogens with zero attached hydrogens (tertiary/aromatic N) is 3. The minimum Gasteiger partial charge on any atom is -0.355 e. The number of rotatable bonds is 11. The van der Waals surface area contributed by atoms with Gasteiger partial charge in [0.05, 0.1) is 13.1 Å². The van der Waals surface area contributed by atoms with Crippen molar-refractivity contribution in [3.05, 3.63) is 64.7 Å². The molecule has 7 heteroatoms. The number of aryl methyl sites for hydroxylation is 1. The number of fused-ring (bicyclic) bond motifs is 1. The summed E-state index contributed by atoms with van der Waals surface area (Å²) in [6.07, 6.45) is 3.09. The van der Waals surface area contributed by atoms with E-state index < -0.39 is 0 Å². The predicted molar refractivity (Wildman–Crippen MR) is 134 cm³/mol. The molecule has 0 aromatic heterocycles. The predicted octanol–water partition coefficient (Wildman–Crippen LogP) is 3.70. The van der Waals surface area contributed by atoms with E-state index >= 15 is 0 Å². The SMILES string of the molecule is CCCCCNC(=O)CN(CC(=O)N(C)N1Cc2ccccc2C1)c1ccc(C(C)=O)cc1C. The molecule has 0 spiro atoms. The molecular formula is C27H36N4O3. The van der Waals surface area contributed by atoms with Crippen LogP contribution in [0.5, 0.6) is 0 Å².